The Morgan fingerprint density at radius 2 is 1.48 bits per heavy atom. The Balaban J connectivity index is 1.76. The zero-order valence-electron chi connectivity index (χ0n) is 13.6. The van der Waals surface area contributed by atoms with Gasteiger partial charge in [-0.1, -0.05) is 78.3 Å². The normalized spacial score (nSPS) is 11.7. The number of nitrogens with one attached hydrogen (secondary N) is 1. The molecule has 2 nitrogen and oxygen atoms in total. The molecule has 0 saturated carbocycles. The van der Waals surface area contributed by atoms with Crippen LogP contribution in [0.5, 0.6) is 0 Å². The minimum absolute atomic E-state index is 0.0823. The summed E-state index contributed by atoms with van der Waals surface area (Å²) in [5.74, 6) is 0.634. The highest BCUT2D eigenvalue weighted by molar-refractivity contribution is 7.98. The van der Waals surface area contributed by atoms with Gasteiger partial charge in [0.2, 0.25) is 0 Å². The van der Waals surface area contributed by atoms with Gasteiger partial charge in [0, 0.05) is 16.3 Å². The number of carbonyl (C=O) groups is 1. The van der Waals surface area contributed by atoms with E-state index in [4.69, 9.17) is 11.6 Å². The van der Waals surface area contributed by atoms with Crippen LogP contribution in [0.3, 0.4) is 0 Å². The third kappa shape index (κ3) is 4.88. The molecule has 0 heterocycles. The summed E-state index contributed by atoms with van der Waals surface area (Å²) in [6.07, 6.45) is 0. The predicted octanol–water partition coefficient (Wildman–Crippen LogP) is 5.70. The smallest absolute Gasteiger partial charge is 0.252 e. The molecule has 0 bridgehead atoms. The van der Waals surface area contributed by atoms with Crippen molar-refractivity contribution in [1.82, 2.24) is 5.32 Å². The van der Waals surface area contributed by atoms with E-state index in [9.17, 15) is 4.79 Å². The molecule has 0 radical (unpaired) electrons. The first-order chi connectivity index (χ1) is 12.2. The van der Waals surface area contributed by atoms with Crippen LogP contribution in [0.25, 0.3) is 0 Å². The molecule has 126 valence electrons. The summed E-state index contributed by atoms with van der Waals surface area (Å²) >= 11 is 7.90. The monoisotopic (exact) mass is 367 g/mol. The summed E-state index contributed by atoms with van der Waals surface area (Å²) in [5, 5.41) is 3.72. The summed E-state index contributed by atoms with van der Waals surface area (Å²) < 4.78 is 0. The summed E-state index contributed by atoms with van der Waals surface area (Å²) in [5.41, 5.74) is 2.77. The number of halogens is 1. The van der Waals surface area contributed by atoms with Gasteiger partial charge < -0.3 is 5.32 Å². The van der Waals surface area contributed by atoms with Crippen LogP contribution in [0.4, 0.5) is 0 Å². The quantitative estimate of drug-likeness (QED) is 0.566. The van der Waals surface area contributed by atoms with Gasteiger partial charge in [0.1, 0.15) is 5.37 Å². The maximum atomic E-state index is 12.6. The highest BCUT2D eigenvalue weighted by Crippen LogP contribution is 2.31. The van der Waals surface area contributed by atoms with Crippen molar-refractivity contribution in [3.63, 3.8) is 0 Å². The minimum atomic E-state index is -0.148. The lowest BCUT2D eigenvalue weighted by Crippen LogP contribution is -2.26. The number of carbonyl (C=O) groups excluding carboxylic acids is 1. The number of thioether (sulfide) groups is 1. The van der Waals surface area contributed by atoms with Gasteiger partial charge in [-0.15, -0.1) is 11.8 Å². The highest BCUT2D eigenvalue weighted by atomic mass is 35.5. The maximum Gasteiger partial charge on any atom is 0.252 e. The molecule has 0 aliphatic heterocycles. The van der Waals surface area contributed by atoms with E-state index in [-0.39, 0.29) is 11.3 Å². The van der Waals surface area contributed by atoms with E-state index in [1.54, 1.807) is 11.8 Å². The number of hydrogen-bond donors (Lipinski definition) is 1. The van der Waals surface area contributed by atoms with Gasteiger partial charge in [0.15, 0.2) is 0 Å². The van der Waals surface area contributed by atoms with Crippen molar-refractivity contribution < 1.29 is 4.79 Å². The summed E-state index contributed by atoms with van der Waals surface area (Å²) in [6, 6.07) is 27.0. The van der Waals surface area contributed by atoms with Gasteiger partial charge in [0.05, 0.1) is 0 Å². The van der Waals surface area contributed by atoms with Crippen LogP contribution < -0.4 is 5.32 Å². The van der Waals surface area contributed by atoms with Crippen molar-refractivity contribution in [3.8, 4) is 0 Å². The van der Waals surface area contributed by atoms with Crippen LogP contribution in [0, 0.1) is 0 Å². The molecule has 4 heteroatoms. The van der Waals surface area contributed by atoms with E-state index in [0.29, 0.717) is 11.3 Å². The molecule has 0 saturated heterocycles. The second kappa shape index (κ2) is 8.75. The molecular weight excluding hydrogens is 350 g/mol. The van der Waals surface area contributed by atoms with Crippen LogP contribution in [0.1, 0.15) is 26.9 Å². The number of amides is 1. The average molecular weight is 368 g/mol. The number of benzene rings is 3. The molecule has 3 aromatic rings. The molecule has 1 N–H and O–H groups in total. The SMILES string of the molecule is O=C(N[C@H](SCc1ccccc1Cl)c1ccccc1)c1ccccc1. The molecule has 1 amide bonds. The highest BCUT2D eigenvalue weighted by Gasteiger charge is 2.16. The lowest BCUT2D eigenvalue weighted by atomic mass is 10.2. The largest absolute Gasteiger partial charge is 0.336 e. The average Bonchev–Trinajstić information content (AvgIpc) is 2.67. The molecule has 0 aliphatic carbocycles. The van der Waals surface area contributed by atoms with E-state index in [0.717, 1.165) is 16.1 Å². The Kier molecular flexibility index (Phi) is 6.15. The van der Waals surface area contributed by atoms with Crippen molar-refractivity contribution in [2.24, 2.45) is 0 Å². The lowest BCUT2D eigenvalue weighted by molar-refractivity contribution is 0.0949. The van der Waals surface area contributed by atoms with Crippen molar-refractivity contribution in [2.45, 2.75) is 11.1 Å². The van der Waals surface area contributed by atoms with Crippen LogP contribution >= 0.6 is 23.4 Å². The van der Waals surface area contributed by atoms with E-state index in [1.807, 2.05) is 84.9 Å². The van der Waals surface area contributed by atoms with E-state index >= 15 is 0 Å². The maximum absolute atomic E-state index is 12.6. The van der Waals surface area contributed by atoms with Gasteiger partial charge in [-0.2, -0.15) is 0 Å². The van der Waals surface area contributed by atoms with Crippen LogP contribution in [0.15, 0.2) is 84.9 Å². The first-order valence-corrected chi connectivity index (χ1v) is 9.42. The Morgan fingerprint density at radius 1 is 0.880 bits per heavy atom. The van der Waals surface area contributed by atoms with Crippen LogP contribution in [-0.4, -0.2) is 5.91 Å². The van der Waals surface area contributed by atoms with Crippen molar-refractivity contribution in [2.75, 3.05) is 0 Å². The molecule has 0 unspecified atom stereocenters. The first kappa shape index (κ1) is 17.6. The van der Waals surface area contributed by atoms with Crippen LogP contribution in [-0.2, 0) is 5.75 Å². The molecule has 0 aliphatic rings. The second-order valence-electron chi connectivity index (χ2n) is 5.53. The molecule has 3 rings (SSSR count). The topological polar surface area (TPSA) is 29.1 Å². The van der Waals surface area contributed by atoms with Crippen LogP contribution in [0.2, 0.25) is 5.02 Å². The third-order valence-electron chi connectivity index (χ3n) is 3.76. The zero-order valence-corrected chi connectivity index (χ0v) is 15.1. The Bertz CT molecular complexity index is 824. The van der Waals surface area contributed by atoms with Gasteiger partial charge >= 0.3 is 0 Å². The first-order valence-electron chi connectivity index (χ1n) is 8.00. The third-order valence-corrected chi connectivity index (χ3v) is 5.33. The van der Waals surface area contributed by atoms with Crippen molar-refractivity contribution in [3.05, 3.63) is 107 Å². The van der Waals surface area contributed by atoms with Crippen molar-refractivity contribution in [1.29, 1.82) is 0 Å². The fraction of sp³-hybridized carbons (Fsp3) is 0.0952. The number of hydrogen-bond acceptors (Lipinski definition) is 2. The lowest BCUT2D eigenvalue weighted by Gasteiger charge is -2.19. The molecule has 0 aromatic heterocycles. The Hall–Kier alpha value is -2.23. The molecule has 3 aromatic carbocycles. The molecule has 25 heavy (non-hydrogen) atoms. The summed E-state index contributed by atoms with van der Waals surface area (Å²) in [6.45, 7) is 0. The standard InChI is InChI=1S/C21H18ClNOS/c22-19-14-8-7-13-18(19)15-25-21(17-11-5-2-6-12-17)23-20(24)16-9-3-1-4-10-16/h1-14,21H,15H2,(H,23,24)/t21-/m1/s1. The summed E-state index contributed by atoms with van der Waals surface area (Å²) in [4.78, 5) is 12.6. The Labute approximate surface area is 157 Å². The van der Waals surface area contributed by atoms with Gasteiger partial charge in [0.25, 0.3) is 5.91 Å². The van der Waals surface area contributed by atoms with Gasteiger partial charge in [-0.05, 0) is 29.3 Å². The molecule has 1 atom stereocenters. The fourth-order valence-electron chi connectivity index (χ4n) is 2.43. The molecule has 0 fully saturated rings. The minimum Gasteiger partial charge on any atom is -0.336 e. The van der Waals surface area contributed by atoms with E-state index in [1.165, 1.54) is 0 Å². The molecular formula is C21H18ClNOS. The summed E-state index contributed by atoms with van der Waals surface area (Å²) in [7, 11) is 0. The van der Waals surface area contributed by atoms with Crippen molar-refractivity contribution >= 4 is 29.3 Å². The van der Waals surface area contributed by atoms with Gasteiger partial charge in [-0.25, -0.2) is 0 Å². The number of rotatable bonds is 6. The van der Waals surface area contributed by atoms with Gasteiger partial charge in [-0.3, -0.25) is 4.79 Å². The Morgan fingerprint density at radius 3 is 2.16 bits per heavy atom. The van der Waals surface area contributed by atoms with E-state index < -0.39 is 0 Å². The van der Waals surface area contributed by atoms with E-state index in [2.05, 4.69) is 5.32 Å². The fourth-order valence-corrected chi connectivity index (χ4v) is 3.85. The molecule has 0 spiro atoms. The predicted molar refractivity (Wildman–Crippen MR) is 106 cm³/mol. The zero-order chi connectivity index (χ0) is 17.5. The second-order valence-corrected chi connectivity index (χ2v) is 7.03.